The Morgan fingerprint density at radius 1 is 1.26 bits per heavy atom. The van der Waals surface area contributed by atoms with Crippen LogP contribution < -0.4 is 0 Å². The highest BCUT2D eigenvalue weighted by molar-refractivity contribution is 7.90. The average Bonchev–Trinajstić information content (AvgIpc) is 2.65. The minimum Gasteiger partial charge on any atom is -0.232 e. The molecule has 19 heavy (non-hydrogen) atoms. The van der Waals surface area contributed by atoms with Gasteiger partial charge in [-0.25, -0.2) is 18.1 Å². The van der Waals surface area contributed by atoms with Crippen LogP contribution in [0.5, 0.6) is 0 Å². The van der Waals surface area contributed by atoms with Gasteiger partial charge in [0.2, 0.25) is 0 Å². The van der Waals surface area contributed by atoms with Crippen molar-refractivity contribution in [1.29, 1.82) is 0 Å². The Morgan fingerprint density at radius 3 is 2.42 bits per heavy atom. The SMILES string of the molecule is Cc1cc(Cl)c(C)nc1-n1ncc(S(C)(=O)=O)c1C. The van der Waals surface area contributed by atoms with E-state index in [2.05, 4.69) is 10.1 Å². The zero-order valence-electron chi connectivity index (χ0n) is 11.1. The second-order valence-electron chi connectivity index (χ2n) is 4.47. The van der Waals surface area contributed by atoms with Crippen LogP contribution in [0.3, 0.4) is 0 Å². The molecule has 0 aliphatic carbocycles. The summed E-state index contributed by atoms with van der Waals surface area (Å²) in [6.07, 6.45) is 2.50. The van der Waals surface area contributed by atoms with Gasteiger partial charge in [-0.1, -0.05) is 11.6 Å². The molecular formula is C12H14ClN3O2S. The van der Waals surface area contributed by atoms with Gasteiger partial charge in [-0.15, -0.1) is 0 Å². The molecule has 0 aromatic carbocycles. The molecule has 0 atom stereocenters. The van der Waals surface area contributed by atoms with Crippen LogP contribution in [0.15, 0.2) is 17.2 Å². The third-order valence-corrected chi connectivity index (χ3v) is 4.46. The number of aryl methyl sites for hydroxylation is 2. The molecule has 0 saturated heterocycles. The molecule has 0 bridgehead atoms. The van der Waals surface area contributed by atoms with E-state index in [0.717, 1.165) is 11.8 Å². The third kappa shape index (κ3) is 2.50. The fraction of sp³-hybridized carbons (Fsp3) is 0.333. The molecule has 0 N–H and O–H groups in total. The minimum atomic E-state index is -3.29. The van der Waals surface area contributed by atoms with E-state index >= 15 is 0 Å². The summed E-state index contributed by atoms with van der Waals surface area (Å²) in [5, 5.41) is 4.69. The first-order chi connectivity index (χ1) is 8.71. The molecule has 5 nitrogen and oxygen atoms in total. The Kier molecular flexibility index (Phi) is 3.40. The van der Waals surface area contributed by atoms with Gasteiger partial charge in [-0.05, 0) is 32.4 Å². The predicted octanol–water partition coefficient (Wildman–Crippen LogP) is 2.25. The number of sulfone groups is 1. The number of pyridine rings is 1. The molecule has 7 heteroatoms. The first-order valence-corrected chi connectivity index (χ1v) is 7.87. The van der Waals surface area contributed by atoms with Crippen molar-refractivity contribution in [2.24, 2.45) is 0 Å². The highest BCUT2D eigenvalue weighted by atomic mass is 35.5. The van der Waals surface area contributed by atoms with Crippen molar-refractivity contribution in [3.8, 4) is 5.82 Å². The van der Waals surface area contributed by atoms with Crippen LogP contribution in [0.1, 0.15) is 17.0 Å². The molecule has 0 aliphatic rings. The van der Waals surface area contributed by atoms with Crippen molar-refractivity contribution in [3.05, 3.63) is 34.2 Å². The van der Waals surface area contributed by atoms with E-state index in [9.17, 15) is 8.42 Å². The van der Waals surface area contributed by atoms with E-state index < -0.39 is 9.84 Å². The van der Waals surface area contributed by atoms with Crippen LogP contribution in [0.4, 0.5) is 0 Å². The standard InChI is InChI=1S/C12H14ClN3O2S/c1-7-5-10(13)8(2)15-12(7)16-9(3)11(6-14-16)19(4,17)18/h5-6H,1-4H3. The van der Waals surface area contributed by atoms with E-state index in [1.165, 1.54) is 10.9 Å². The topological polar surface area (TPSA) is 64.8 Å². The maximum absolute atomic E-state index is 11.6. The fourth-order valence-electron chi connectivity index (χ4n) is 1.85. The quantitative estimate of drug-likeness (QED) is 0.853. The summed E-state index contributed by atoms with van der Waals surface area (Å²) in [6.45, 7) is 5.35. The van der Waals surface area contributed by atoms with Crippen molar-refractivity contribution < 1.29 is 8.42 Å². The normalized spacial score (nSPS) is 11.8. The lowest BCUT2D eigenvalue weighted by Crippen LogP contribution is -2.07. The summed E-state index contributed by atoms with van der Waals surface area (Å²) >= 11 is 6.00. The molecule has 0 unspecified atom stereocenters. The van der Waals surface area contributed by atoms with Gasteiger partial charge in [0.25, 0.3) is 0 Å². The second kappa shape index (κ2) is 4.61. The first-order valence-electron chi connectivity index (χ1n) is 5.60. The van der Waals surface area contributed by atoms with Crippen molar-refractivity contribution in [3.63, 3.8) is 0 Å². The molecule has 0 amide bonds. The lowest BCUT2D eigenvalue weighted by atomic mass is 10.2. The van der Waals surface area contributed by atoms with Crippen LogP contribution >= 0.6 is 11.6 Å². The van der Waals surface area contributed by atoms with Crippen LogP contribution in [0, 0.1) is 20.8 Å². The van der Waals surface area contributed by atoms with E-state index in [-0.39, 0.29) is 4.90 Å². The number of nitrogens with zero attached hydrogens (tertiary/aromatic N) is 3. The van der Waals surface area contributed by atoms with Gasteiger partial charge in [0.1, 0.15) is 4.90 Å². The molecule has 2 aromatic rings. The number of halogens is 1. The Hall–Kier alpha value is -1.40. The highest BCUT2D eigenvalue weighted by Crippen LogP contribution is 2.23. The number of rotatable bonds is 2. The predicted molar refractivity (Wildman–Crippen MR) is 73.7 cm³/mol. The van der Waals surface area contributed by atoms with Gasteiger partial charge in [0, 0.05) is 6.26 Å². The molecule has 0 spiro atoms. The van der Waals surface area contributed by atoms with Crippen LogP contribution in [-0.4, -0.2) is 29.4 Å². The summed E-state index contributed by atoms with van der Waals surface area (Å²) in [6, 6.07) is 1.79. The molecule has 0 aliphatic heterocycles. The van der Waals surface area contributed by atoms with Gasteiger partial charge in [-0.2, -0.15) is 5.10 Å². The van der Waals surface area contributed by atoms with E-state index in [0.29, 0.717) is 22.2 Å². The monoisotopic (exact) mass is 299 g/mol. The van der Waals surface area contributed by atoms with E-state index in [1.807, 2.05) is 6.92 Å². The molecule has 2 heterocycles. The molecule has 0 radical (unpaired) electrons. The molecule has 2 rings (SSSR count). The lowest BCUT2D eigenvalue weighted by Gasteiger charge is -2.09. The zero-order valence-corrected chi connectivity index (χ0v) is 12.7. The molecule has 0 fully saturated rings. The first kappa shape index (κ1) is 14.0. The minimum absolute atomic E-state index is 0.210. The van der Waals surface area contributed by atoms with Crippen LogP contribution in [-0.2, 0) is 9.84 Å². The molecule has 2 aromatic heterocycles. The summed E-state index contributed by atoms with van der Waals surface area (Å²) in [5.74, 6) is 0.592. The summed E-state index contributed by atoms with van der Waals surface area (Å²) in [5.41, 5.74) is 2.06. The van der Waals surface area contributed by atoms with Gasteiger partial charge < -0.3 is 0 Å². The second-order valence-corrected chi connectivity index (χ2v) is 6.87. The van der Waals surface area contributed by atoms with E-state index in [4.69, 9.17) is 11.6 Å². The number of aromatic nitrogens is 3. The van der Waals surface area contributed by atoms with Crippen LogP contribution in [0.2, 0.25) is 5.02 Å². The summed E-state index contributed by atoms with van der Waals surface area (Å²) in [4.78, 5) is 4.58. The number of hydrogen-bond donors (Lipinski definition) is 0. The Labute approximate surface area is 117 Å². The molecule has 0 saturated carbocycles. The maximum Gasteiger partial charge on any atom is 0.178 e. The largest absolute Gasteiger partial charge is 0.232 e. The van der Waals surface area contributed by atoms with Gasteiger partial charge in [-0.3, -0.25) is 0 Å². The number of hydrogen-bond acceptors (Lipinski definition) is 4. The Morgan fingerprint density at radius 2 is 1.89 bits per heavy atom. The van der Waals surface area contributed by atoms with Crippen LogP contribution in [0.25, 0.3) is 5.82 Å². The van der Waals surface area contributed by atoms with Crippen molar-refractivity contribution in [2.75, 3.05) is 6.26 Å². The van der Waals surface area contributed by atoms with E-state index in [1.54, 1.807) is 19.9 Å². The lowest BCUT2D eigenvalue weighted by molar-refractivity contribution is 0.601. The molecular weight excluding hydrogens is 286 g/mol. The van der Waals surface area contributed by atoms with Crippen molar-refractivity contribution in [2.45, 2.75) is 25.7 Å². The smallest absolute Gasteiger partial charge is 0.178 e. The molecule has 102 valence electrons. The summed E-state index contributed by atoms with van der Waals surface area (Å²) in [7, 11) is -3.29. The Balaban J connectivity index is 2.68. The van der Waals surface area contributed by atoms with Gasteiger partial charge in [0.05, 0.1) is 22.6 Å². The zero-order chi connectivity index (χ0) is 14.4. The Bertz CT molecular complexity index is 751. The highest BCUT2D eigenvalue weighted by Gasteiger charge is 2.18. The third-order valence-electron chi connectivity index (χ3n) is 2.88. The van der Waals surface area contributed by atoms with Crippen molar-refractivity contribution >= 4 is 21.4 Å². The maximum atomic E-state index is 11.6. The average molecular weight is 300 g/mol. The summed E-state index contributed by atoms with van der Waals surface area (Å²) < 4.78 is 24.7. The van der Waals surface area contributed by atoms with Gasteiger partial charge in [0.15, 0.2) is 15.7 Å². The van der Waals surface area contributed by atoms with Gasteiger partial charge >= 0.3 is 0 Å². The fourth-order valence-corrected chi connectivity index (χ4v) is 2.91. The van der Waals surface area contributed by atoms with Crippen molar-refractivity contribution in [1.82, 2.24) is 14.8 Å².